The number of hydrogen-bond acceptors (Lipinski definition) is 6. The van der Waals surface area contributed by atoms with Gasteiger partial charge in [0.1, 0.15) is 5.75 Å². The molecule has 0 spiro atoms. The Kier molecular flexibility index (Phi) is 8.12. The lowest BCUT2D eigenvalue weighted by atomic mass is 10.2. The van der Waals surface area contributed by atoms with E-state index in [0.717, 1.165) is 0 Å². The van der Waals surface area contributed by atoms with E-state index in [-0.39, 0.29) is 5.96 Å². The molecule has 0 aliphatic carbocycles. The Hall–Kier alpha value is -4.92. The summed E-state index contributed by atoms with van der Waals surface area (Å²) in [7, 11) is 0. The molecule has 9 heteroatoms. The first-order valence-electron chi connectivity index (χ1n) is 10.1. The highest BCUT2D eigenvalue weighted by Gasteiger charge is 2.09. The van der Waals surface area contributed by atoms with Gasteiger partial charge in [-0.25, -0.2) is 9.59 Å². The lowest BCUT2D eigenvalue weighted by Crippen LogP contribution is -2.20. The SMILES string of the molecule is N=C(N)Nc1ccc(C(=O)Oc2ccc(C=CC(=O)OCC(=O)Nc3ccccc3)cc2)cc1. The Labute approximate surface area is 195 Å². The molecule has 0 saturated carbocycles. The zero-order valence-electron chi connectivity index (χ0n) is 18.0. The first-order chi connectivity index (χ1) is 16.4. The smallest absolute Gasteiger partial charge is 0.343 e. The molecule has 1 amide bonds. The van der Waals surface area contributed by atoms with Gasteiger partial charge in [-0.05, 0) is 60.2 Å². The third kappa shape index (κ3) is 7.65. The van der Waals surface area contributed by atoms with Crippen molar-refractivity contribution in [2.24, 2.45) is 5.73 Å². The van der Waals surface area contributed by atoms with Crippen molar-refractivity contribution in [1.29, 1.82) is 5.41 Å². The van der Waals surface area contributed by atoms with Crippen LogP contribution in [-0.4, -0.2) is 30.4 Å². The molecule has 5 N–H and O–H groups in total. The van der Waals surface area contributed by atoms with Crippen LogP contribution in [0.5, 0.6) is 5.75 Å². The Morgan fingerprint density at radius 2 is 1.50 bits per heavy atom. The molecule has 3 aromatic carbocycles. The van der Waals surface area contributed by atoms with Crippen molar-refractivity contribution in [1.82, 2.24) is 0 Å². The number of carbonyl (C=O) groups excluding carboxylic acids is 3. The third-order valence-electron chi connectivity index (χ3n) is 4.31. The Morgan fingerprint density at radius 3 is 2.15 bits per heavy atom. The number of anilines is 2. The number of nitrogens with two attached hydrogens (primary N) is 1. The summed E-state index contributed by atoms with van der Waals surface area (Å²) in [5.74, 6) is -1.53. The summed E-state index contributed by atoms with van der Waals surface area (Å²) in [6.07, 6.45) is 2.72. The number of amides is 1. The largest absolute Gasteiger partial charge is 0.452 e. The van der Waals surface area contributed by atoms with Crippen molar-refractivity contribution >= 4 is 41.3 Å². The minimum atomic E-state index is -0.665. The maximum atomic E-state index is 12.3. The molecule has 0 fully saturated rings. The van der Waals surface area contributed by atoms with E-state index in [1.54, 1.807) is 72.8 Å². The van der Waals surface area contributed by atoms with Crippen LogP contribution in [0, 0.1) is 5.41 Å². The zero-order valence-corrected chi connectivity index (χ0v) is 18.0. The molecule has 0 aliphatic heterocycles. The standard InChI is InChI=1S/C25H22N4O5/c26-25(27)29-20-11-9-18(10-12-20)24(32)34-21-13-6-17(7-14-21)8-15-23(31)33-16-22(30)28-19-4-2-1-3-5-19/h1-15H,16H2,(H,28,30)(H4,26,27,29). The predicted octanol–water partition coefficient (Wildman–Crippen LogP) is 3.41. The van der Waals surface area contributed by atoms with Crippen LogP contribution in [0.3, 0.4) is 0 Å². The second-order valence-electron chi connectivity index (χ2n) is 6.93. The molecule has 3 aromatic rings. The summed E-state index contributed by atoms with van der Waals surface area (Å²) in [6.45, 7) is -0.404. The van der Waals surface area contributed by atoms with Gasteiger partial charge in [0, 0.05) is 17.5 Å². The van der Waals surface area contributed by atoms with E-state index < -0.39 is 24.5 Å². The molecule has 0 bridgehead atoms. The number of esters is 2. The number of benzene rings is 3. The van der Waals surface area contributed by atoms with Crippen molar-refractivity contribution in [3.05, 3.63) is 96.1 Å². The van der Waals surface area contributed by atoms with Crippen molar-refractivity contribution < 1.29 is 23.9 Å². The van der Waals surface area contributed by atoms with Crippen molar-refractivity contribution in [3.63, 3.8) is 0 Å². The van der Waals surface area contributed by atoms with Gasteiger partial charge >= 0.3 is 11.9 Å². The van der Waals surface area contributed by atoms with E-state index in [1.165, 1.54) is 12.2 Å². The summed E-state index contributed by atoms with van der Waals surface area (Å²) in [4.78, 5) is 35.9. The van der Waals surface area contributed by atoms with Crippen molar-refractivity contribution in [2.45, 2.75) is 0 Å². The van der Waals surface area contributed by atoms with Gasteiger partial charge in [-0.2, -0.15) is 0 Å². The lowest BCUT2D eigenvalue weighted by molar-refractivity contribution is -0.142. The maximum Gasteiger partial charge on any atom is 0.343 e. The molecule has 172 valence electrons. The average Bonchev–Trinajstić information content (AvgIpc) is 2.83. The van der Waals surface area contributed by atoms with E-state index in [4.69, 9.17) is 20.6 Å². The Morgan fingerprint density at radius 1 is 0.853 bits per heavy atom. The topological polar surface area (TPSA) is 144 Å². The number of nitrogens with one attached hydrogen (secondary N) is 3. The fourth-order valence-corrected chi connectivity index (χ4v) is 2.73. The number of carbonyl (C=O) groups is 3. The zero-order chi connectivity index (χ0) is 24.3. The van der Waals surface area contributed by atoms with Crippen LogP contribution < -0.4 is 21.1 Å². The second-order valence-corrected chi connectivity index (χ2v) is 6.93. The lowest BCUT2D eigenvalue weighted by Gasteiger charge is -2.07. The summed E-state index contributed by atoms with van der Waals surface area (Å²) in [5.41, 5.74) is 7.46. The summed E-state index contributed by atoms with van der Waals surface area (Å²) >= 11 is 0. The van der Waals surface area contributed by atoms with E-state index in [1.807, 2.05) is 6.07 Å². The molecule has 34 heavy (non-hydrogen) atoms. The Bertz CT molecular complexity index is 1190. The van der Waals surface area contributed by atoms with Crippen molar-refractivity contribution in [3.8, 4) is 5.75 Å². The summed E-state index contributed by atoms with van der Waals surface area (Å²) in [5, 5.41) is 12.4. The van der Waals surface area contributed by atoms with Gasteiger partial charge in [0.05, 0.1) is 5.56 Å². The molecule has 0 heterocycles. The first-order valence-corrected chi connectivity index (χ1v) is 10.1. The van der Waals surface area contributed by atoms with Crippen LogP contribution in [0.1, 0.15) is 15.9 Å². The van der Waals surface area contributed by atoms with Gasteiger partial charge in [0.25, 0.3) is 5.91 Å². The van der Waals surface area contributed by atoms with Crippen molar-refractivity contribution in [2.75, 3.05) is 17.2 Å². The van der Waals surface area contributed by atoms with Gasteiger partial charge in [0.2, 0.25) is 0 Å². The van der Waals surface area contributed by atoms with Gasteiger partial charge in [0.15, 0.2) is 12.6 Å². The number of ether oxygens (including phenoxy) is 2. The predicted molar refractivity (Wildman–Crippen MR) is 128 cm³/mol. The van der Waals surface area contributed by atoms with E-state index in [0.29, 0.717) is 28.3 Å². The highest BCUT2D eigenvalue weighted by molar-refractivity contribution is 5.95. The van der Waals surface area contributed by atoms with Crippen LogP contribution in [0.15, 0.2) is 84.9 Å². The van der Waals surface area contributed by atoms with Crippen LogP contribution >= 0.6 is 0 Å². The molecule has 0 radical (unpaired) electrons. The van der Waals surface area contributed by atoms with E-state index in [2.05, 4.69) is 10.6 Å². The van der Waals surface area contributed by atoms with Crippen LogP contribution in [0.4, 0.5) is 11.4 Å². The summed E-state index contributed by atoms with van der Waals surface area (Å²) < 4.78 is 10.3. The molecule has 0 unspecified atom stereocenters. The fourth-order valence-electron chi connectivity index (χ4n) is 2.73. The average molecular weight is 458 g/mol. The van der Waals surface area contributed by atoms with Crippen LogP contribution in [0.2, 0.25) is 0 Å². The minimum Gasteiger partial charge on any atom is -0.452 e. The molecular weight excluding hydrogens is 436 g/mol. The fraction of sp³-hybridized carbons (Fsp3) is 0.0400. The second kappa shape index (κ2) is 11.6. The maximum absolute atomic E-state index is 12.3. The number of guanidine groups is 1. The van der Waals surface area contributed by atoms with Gasteiger partial charge in [-0.3, -0.25) is 10.2 Å². The monoisotopic (exact) mass is 458 g/mol. The molecular formula is C25H22N4O5. The van der Waals surface area contributed by atoms with E-state index >= 15 is 0 Å². The number of hydrogen-bond donors (Lipinski definition) is 4. The minimum absolute atomic E-state index is 0.203. The molecule has 0 saturated heterocycles. The van der Waals surface area contributed by atoms with E-state index in [9.17, 15) is 14.4 Å². The molecule has 0 aromatic heterocycles. The molecule has 9 nitrogen and oxygen atoms in total. The van der Waals surface area contributed by atoms with Crippen LogP contribution in [-0.2, 0) is 14.3 Å². The number of para-hydroxylation sites is 1. The van der Waals surface area contributed by atoms with Gasteiger partial charge in [-0.15, -0.1) is 0 Å². The van der Waals surface area contributed by atoms with Gasteiger partial charge in [-0.1, -0.05) is 30.3 Å². The van der Waals surface area contributed by atoms with Gasteiger partial charge < -0.3 is 25.8 Å². The Balaban J connectivity index is 1.46. The molecule has 0 atom stereocenters. The highest BCUT2D eigenvalue weighted by atomic mass is 16.5. The number of rotatable bonds is 8. The highest BCUT2D eigenvalue weighted by Crippen LogP contribution is 2.16. The normalized spacial score (nSPS) is 10.4. The molecule has 3 rings (SSSR count). The van der Waals surface area contributed by atoms with Crippen LogP contribution in [0.25, 0.3) is 6.08 Å². The molecule has 0 aliphatic rings. The third-order valence-corrected chi connectivity index (χ3v) is 4.31. The summed E-state index contributed by atoms with van der Waals surface area (Å²) in [6, 6.07) is 21.7. The quantitative estimate of drug-likeness (QED) is 0.133. The first kappa shape index (κ1) is 23.7.